The Morgan fingerprint density at radius 3 is 2.52 bits per heavy atom. The first-order chi connectivity index (χ1) is 9.75. The fourth-order valence-corrected chi connectivity index (χ4v) is 3.50. The lowest BCUT2D eigenvalue weighted by Gasteiger charge is -2.37. The Balaban J connectivity index is 0.00000161. The minimum atomic E-state index is 0. The van der Waals surface area contributed by atoms with E-state index in [9.17, 15) is 4.79 Å². The number of hydrogen-bond acceptors (Lipinski definition) is 3. The zero-order chi connectivity index (χ0) is 13.9. The summed E-state index contributed by atoms with van der Waals surface area (Å²) >= 11 is 3.46. The van der Waals surface area contributed by atoms with Crippen LogP contribution in [0.5, 0.6) is 0 Å². The molecule has 6 heteroatoms. The van der Waals surface area contributed by atoms with Crippen molar-refractivity contribution in [2.45, 2.75) is 12.5 Å². The summed E-state index contributed by atoms with van der Waals surface area (Å²) in [5, 5.41) is 3.41. The quantitative estimate of drug-likeness (QED) is 0.860. The highest BCUT2D eigenvalue weighted by Gasteiger charge is 2.28. The average Bonchev–Trinajstić information content (AvgIpc) is 3.01. The monoisotopic (exact) mass is 373 g/mol. The molecule has 0 radical (unpaired) electrons. The molecule has 3 rings (SSSR count). The van der Waals surface area contributed by atoms with Crippen molar-refractivity contribution in [1.82, 2.24) is 15.1 Å². The Morgan fingerprint density at radius 2 is 1.90 bits per heavy atom. The van der Waals surface area contributed by atoms with Gasteiger partial charge in [-0.3, -0.25) is 9.69 Å². The molecule has 2 saturated heterocycles. The molecule has 0 saturated carbocycles. The topological polar surface area (TPSA) is 35.6 Å². The SMILES string of the molecule is Cl.O=C(c1ccccc1Br)N1CCN(C2CCNC2)CC1. The van der Waals surface area contributed by atoms with Crippen LogP contribution in [-0.2, 0) is 0 Å². The number of carbonyl (C=O) groups is 1. The average molecular weight is 375 g/mol. The molecular weight excluding hydrogens is 354 g/mol. The molecule has 2 aliphatic rings. The third-order valence-corrected chi connectivity index (χ3v) is 4.95. The molecule has 1 aromatic carbocycles. The molecule has 116 valence electrons. The van der Waals surface area contributed by atoms with Gasteiger partial charge >= 0.3 is 0 Å². The number of nitrogens with one attached hydrogen (secondary N) is 1. The lowest BCUT2D eigenvalue weighted by Crippen LogP contribution is -2.52. The predicted molar refractivity (Wildman–Crippen MR) is 90.1 cm³/mol. The van der Waals surface area contributed by atoms with Crippen LogP contribution in [0.25, 0.3) is 0 Å². The second kappa shape index (κ2) is 7.58. The Labute approximate surface area is 140 Å². The molecule has 1 amide bonds. The van der Waals surface area contributed by atoms with Crippen molar-refractivity contribution in [3.05, 3.63) is 34.3 Å². The standard InChI is InChI=1S/C15H20BrN3O.ClH/c16-14-4-2-1-3-13(14)15(20)19-9-7-18(8-10-19)12-5-6-17-11-12;/h1-4,12,17H,5-11H2;1H. The van der Waals surface area contributed by atoms with Crippen molar-refractivity contribution in [2.75, 3.05) is 39.3 Å². The number of rotatable bonds is 2. The second-order valence-electron chi connectivity index (χ2n) is 5.45. The van der Waals surface area contributed by atoms with Crippen molar-refractivity contribution >= 4 is 34.2 Å². The smallest absolute Gasteiger partial charge is 0.255 e. The largest absolute Gasteiger partial charge is 0.336 e. The summed E-state index contributed by atoms with van der Waals surface area (Å²) in [6, 6.07) is 8.33. The fourth-order valence-electron chi connectivity index (χ4n) is 3.05. The molecule has 2 aliphatic heterocycles. The third kappa shape index (κ3) is 3.77. The van der Waals surface area contributed by atoms with Gasteiger partial charge in [-0.15, -0.1) is 12.4 Å². The van der Waals surface area contributed by atoms with E-state index >= 15 is 0 Å². The lowest BCUT2D eigenvalue weighted by atomic mass is 10.1. The van der Waals surface area contributed by atoms with Gasteiger partial charge in [0.15, 0.2) is 0 Å². The number of hydrogen-bond donors (Lipinski definition) is 1. The highest BCUT2D eigenvalue weighted by atomic mass is 79.9. The van der Waals surface area contributed by atoms with Crippen LogP contribution in [0.15, 0.2) is 28.7 Å². The maximum Gasteiger partial charge on any atom is 0.255 e. The minimum Gasteiger partial charge on any atom is -0.336 e. The van der Waals surface area contributed by atoms with Gasteiger partial charge in [-0.25, -0.2) is 0 Å². The van der Waals surface area contributed by atoms with Crippen LogP contribution in [0.4, 0.5) is 0 Å². The summed E-state index contributed by atoms with van der Waals surface area (Å²) < 4.78 is 0.882. The summed E-state index contributed by atoms with van der Waals surface area (Å²) in [5.41, 5.74) is 0.767. The number of piperazine rings is 1. The third-order valence-electron chi connectivity index (χ3n) is 4.26. The number of benzene rings is 1. The van der Waals surface area contributed by atoms with E-state index in [2.05, 4.69) is 26.1 Å². The number of halogens is 2. The predicted octanol–water partition coefficient (Wildman–Crippen LogP) is 1.99. The van der Waals surface area contributed by atoms with E-state index in [0.29, 0.717) is 6.04 Å². The lowest BCUT2D eigenvalue weighted by molar-refractivity contribution is 0.0583. The Morgan fingerprint density at radius 1 is 1.19 bits per heavy atom. The molecular formula is C15H21BrClN3O. The van der Waals surface area contributed by atoms with Gasteiger partial charge in [-0.1, -0.05) is 12.1 Å². The summed E-state index contributed by atoms with van der Waals surface area (Å²) in [4.78, 5) is 17.0. The first-order valence-corrected chi connectivity index (χ1v) is 8.03. The van der Waals surface area contributed by atoms with E-state index in [4.69, 9.17) is 0 Å². The van der Waals surface area contributed by atoms with Crippen molar-refractivity contribution in [3.63, 3.8) is 0 Å². The van der Waals surface area contributed by atoms with Crippen LogP contribution in [0.2, 0.25) is 0 Å². The van der Waals surface area contributed by atoms with E-state index in [0.717, 1.165) is 49.3 Å². The van der Waals surface area contributed by atoms with Crippen LogP contribution in [0, 0.1) is 0 Å². The Kier molecular flexibility index (Phi) is 6.05. The molecule has 4 nitrogen and oxygen atoms in total. The Bertz CT molecular complexity index is 486. The van der Waals surface area contributed by atoms with E-state index in [-0.39, 0.29) is 18.3 Å². The number of nitrogens with zero attached hydrogens (tertiary/aromatic N) is 2. The van der Waals surface area contributed by atoms with Gasteiger partial charge in [0.2, 0.25) is 0 Å². The van der Waals surface area contributed by atoms with Crippen molar-refractivity contribution < 1.29 is 4.79 Å². The molecule has 1 atom stereocenters. The Hall–Kier alpha value is -0.620. The molecule has 1 aromatic rings. The molecule has 21 heavy (non-hydrogen) atoms. The van der Waals surface area contributed by atoms with E-state index in [1.54, 1.807) is 0 Å². The summed E-state index contributed by atoms with van der Waals surface area (Å²) in [5.74, 6) is 0.140. The van der Waals surface area contributed by atoms with E-state index in [1.165, 1.54) is 6.42 Å². The zero-order valence-electron chi connectivity index (χ0n) is 11.9. The van der Waals surface area contributed by atoms with Crippen molar-refractivity contribution in [2.24, 2.45) is 0 Å². The van der Waals surface area contributed by atoms with Crippen LogP contribution < -0.4 is 5.32 Å². The number of amides is 1. The van der Waals surface area contributed by atoms with Crippen LogP contribution in [-0.4, -0.2) is 61.0 Å². The van der Waals surface area contributed by atoms with Crippen LogP contribution in [0.3, 0.4) is 0 Å². The molecule has 2 fully saturated rings. The van der Waals surface area contributed by atoms with E-state index < -0.39 is 0 Å². The minimum absolute atomic E-state index is 0. The van der Waals surface area contributed by atoms with Gasteiger partial charge in [-0.05, 0) is 41.0 Å². The zero-order valence-corrected chi connectivity index (χ0v) is 14.3. The number of carbonyl (C=O) groups excluding carboxylic acids is 1. The van der Waals surface area contributed by atoms with Crippen molar-refractivity contribution in [1.29, 1.82) is 0 Å². The van der Waals surface area contributed by atoms with Gasteiger partial charge in [0.05, 0.1) is 5.56 Å². The van der Waals surface area contributed by atoms with Crippen molar-refractivity contribution in [3.8, 4) is 0 Å². The molecule has 0 bridgehead atoms. The highest BCUT2D eigenvalue weighted by Crippen LogP contribution is 2.19. The van der Waals surface area contributed by atoms with Gasteiger partial charge in [0, 0.05) is 43.2 Å². The summed E-state index contributed by atoms with van der Waals surface area (Å²) in [7, 11) is 0. The van der Waals surface area contributed by atoms with Gasteiger partial charge in [0.25, 0.3) is 5.91 Å². The van der Waals surface area contributed by atoms with Gasteiger partial charge < -0.3 is 10.2 Å². The van der Waals surface area contributed by atoms with Gasteiger partial charge in [-0.2, -0.15) is 0 Å². The molecule has 0 aliphatic carbocycles. The first kappa shape index (κ1) is 16.7. The van der Waals surface area contributed by atoms with Crippen LogP contribution in [0.1, 0.15) is 16.8 Å². The first-order valence-electron chi connectivity index (χ1n) is 7.24. The second-order valence-corrected chi connectivity index (χ2v) is 6.31. The summed E-state index contributed by atoms with van der Waals surface area (Å²) in [6.07, 6.45) is 1.23. The molecule has 2 heterocycles. The fraction of sp³-hybridized carbons (Fsp3) is 0.533. The molecule has 0 spiro atoms. The molecule has 1 N–H and O–H groups in total. The highest BCUT2D eigenvalue weighted by molar-refractivity contribution is 9.10. The molecule has 0 aromatic heterocycles. The molecule has 1 unspecified atom stereocenters. The normalized spacial score (nSPS) is 22.9. The van der Waals surface area contributed by atoms with Gasteiger partial charge in [0.1, 0.15) is 0 Å². The maximum absolute atomic E-state index is 12.5. The van der Waals surface area contributed by atoms with Crippen LogP contribution >= 0.6 is 28.3 Å². The maximum atomic E-state index is 12.5. The summed E-state index contributed by atoms with van der Waals surface area (Å²) in [6.45, 7) is 5.86. The van der Waals surface area contributed by atoms with E-state index in [1.807, 2.05) is 29.2 Å².